The van der Waals surface area contributed by atoms with Gasteiger partial charge in [-0.15, -0.1) is 0 Å². The van der Waals surface area contributed by atoms with Crippen LogP contribution in [0.15, 0.2) is 36.4 Å². The van der Waals surface area contributed by atoms with Crippen molar-refractivity contribution in [1.82, 2.24) is 0 Å². The summed E-state index contributed by atoms with van der Waals surface area (Å²) in [5.74, 6) is -1.50. The van der Waals surface area contributed by atoms with Crippen LogP contribution in [0.5, 0.6) is 17.2 Å². The standard InChI is InChI=1S/C18H15Cl3O8.Na/c19-7-1-3-10(9(21)5-7)27-11-4-2-8(20)6-12(11)28-18-15(24)13(22)14(23)16(29-18)17(25)26;/h1-6,13-16,18,22-24H,(H,25,26);/q;+1/p-1/t13?,14-,15?,16?,18+;/m0./s1. The Bertz CT molecular complexity index is 915. The van der Waals surface area contributed by atoms with E-state index in [4.69, 9.17) is 49.0 Å². The number of carboxylic acid groups (broad SMARTS) is 1. The van der Waals surface area contributed by atoms with E-state index in [9.17, 15) is 25.2 Å². The maximum Gasteiger partial charge on any atom is 1.00 e. The van der Waals surface area contributed by atoms with Crippen molar-refractivity contribution < 1.29 is 69.0 Å². The van der Waals surface area contributed by atoms with Crippen molar-refractivity contribution in [2.45, 2.75) is 30.7 Å². The van der Waals surface area contributed by atoms with Crippen LogP contribution >= 0.6 is 34.8 Å². The molecule has 156 valence electrons. The van der Waals surface area contributed by atoms with Gasteiger partial charge in [-0.25, -0.2) is 0 Å². The molecule has 12 heteroatoms. The minimum Gasteiger partial charge on any atom is -0.547 e. The molecule has 3 rings (SSSR count). The molecule has 30 heavy (non-hydrogen) atoms. The van der Waals surface area contributed by atoms with E-state index in [1.807, 2.05) is 0 Å². The first-order valence-electron chi connectivity index (χ1n) is 8.17. The maximum atomic E-state index is 11.1. The molecule has 0 radical (unpaired) electrons. The Hall–Kier alpha value is -0.780. The Kier molecular flexibility index (Phi) is 9.08. The van der Waals surface area contributed by atoms with E-state index in [-0.39, 0.29) is 56.9 Å². The Morgan fingerprint density at radius 3 is 2.10 bits per heavy atom. The largest absolute Gasteiger partial charge is 1.00 e. The minimum atomic E-state index is -1.92. The second kappa shape index (κ2) is 10.7. The van der Waals surface area contributed by atoms with Crippen LogP contribution in [0.4, 0.5) is 0 Å². The molecule has 3 unspecified atom stereocenters. The molecule has 1 heterocycles. The second-order valence-corrected chi connectivity index (χ2v) is 7.38. The third kappa shape index (κ3) is 5.72. The predicted octanol–water partition coefficient (Wildman–Crippen LogP) is -1.62. The van der Waals surface area contributed by atoms with Gasteiger partial charge in [0.25, 0.3) is 0 Å². The van der Waals surface area contributed by atoms with E-state index < -0.39 is 36.7 Å². The van der Waals surface area contributed by atoms with Crippen molar-refractivity contribution in [2.24, 2.45) is 0 Å². The third-order valence-corrected chi connectivity index (χ3v) is 4.83. The average molecular weight is 488 g/mol. The van der Waals surface area contributed by atoms with Gasteiger partial charge in [-0.3, -0.25) is 0 Å². The molecular formula is C18H14Cl3NaO8. The van der Waals surface area contributed by atoms with Crippen molar-refractivity contribution in [2.75, 3.05) is 0 Å². The monoisotopic (exact) mass is 486 g/mol. The van der Waals surface area contributed by atoms with Gasteiger partial charge in [0.1, 0.15) is 30.2 Å². The molecular weight excluding hydrogens is 474 g/mol. The molecule has 0 saturated carbocycles. The molecule has 3 N–H and O–H groups in total. The van der Waals surface area contributed by atoms with Crippen LogP contribution in [-0.4, -0.2) is 52.0 Å². The number of carbonyl (C=O) groups is 1. The normalized spacial score (nSPS) is 25.9. The molecule has 2 aromatic carbocycles. The van der Waals surface area contributed by atoms with E-state index >= 15 is 0 Å². The number of aliphatic hydroxyl groups is 3. The first-order chi connectivity index (χ1) is 13.7. The molecule has 8 nitrogen and oxygen atoms in total. The van der Waals surface area contributed by atoms with Crippen molar-refractivity contribution in [3.05, 3.63) is 51.5 Å². The molecule has 1 aliphatic rings. The summed E-state index contributed by atoms with van der Waals surface area (Å²) in [4.78, 5) is 11.1. The third-order valence-electron chi connectivity index (χ3n) is 4.06. The van der Waals surface area contributed by atoms with Crippen molar-refractivity contribution in [3.8, 4) is 17.2 Å². The molecule has 1 aliphatic heterocycles. The fraction of sp³-hybridized carbons (Fsp3) is 0.278. The molecule has 1 fully saturated rings. The Morgan fingerprint density at radius 2 is 1.50 bits per heavy atom. The SMILES string of the molecule is O=C([O-])C1O[C@@H](Oc2cc(Cl)ccc2Oc2ccc(Cl)cc2Cl)C(O)C(O)[C@@H]1O.[Na+]. The van der Waals surface area contributed by atoms with Crippen LogP contribution in [0.1, 0.15) is 0 Å². The summed E-state index contributed by atoms with van der Waals surface area (Å²) in [5, 5.41) is 41.7. The molecule has 0 amide bonds. The summed E-state index contributed by atoms with van der Waals surface area (Å²) in [7, 11) is 0. The zero-order valence-electron chi connectivity index (χ0n) is 15.4. The number of aliphatic hydroxyl groups excluding tert-OH is 3. The van der Waals surface area contributed by atoms with Crippen LogP contribution in [0, 0.1) is 0 Å². The Labute approximate surface area is 208 Å². The zero-order chi connectivity index (χ0) is 21.3. The van der Waals surface area contributed by atoms with Crippen molar-refractivity contribution in [3.63, 3.8) is 0 Å². The van der Waals surface area contributed by atoms with Crippen molar-refractivity contribution in [1.29, 1.82) is 0 Å². The summed E-state index contributed by atoms with van der Waals surface area (Å²) in [5.41, 5.74) is 0. The summed E-state index contributed by atoms with van der Waals surface area (Å²) < 4.78 is 16.2. The average Bonchev–Trinajstić information content (AvgIpc) is 2.66. The Morgan fingerprint density at radius 1 is 0.900 bits per heavy atom. The van der Waals surface area contributed by atoms with Gasteiger partial charge < -0.3 is 39.4 Å². The summed E-state index contributed by atoms with van der Waals surface area (Å²) in [6.07, 6.45) is -9.12. The minimum absolute atomic E-state index is 0. The van der Waals surface area contributed by atoms with Gasteiger partial charge in [0.2, 0.25) is 6.29 Å². The van der Waals surface area contributed by atoms with Gasteiger partial charge in [-0.05, 0) is 30.3 Å². The fourth-order valence-electron chi connectivity index (χ4n) is 2.60. The van der Waals surface area contributed by atoms with E-state index in [0.29, 0.717) is 5.02 Å². The maximum absolute atomic E-state index is 11.1. The van der Waals surface area contributed by atoms with Crippen LogP contribution < -0.4 is 44.1 Å². The van der Waals surface area contributed by atoms with Gasteiger partial charge in [0.05, 0.1) is 11.0 Å². The van der Waals surface area contributed by atoms with Crippen LogP contribution in [0.25, 0.3) is 0 Å². The fourth-order valence-corrected chi connectivity index (χ4v) is 3.21. The number of benzene rings is 2. The van der Waals surface area contributed by atoms with E-state index in [1.165, 1.54) is 30.3 Å². The number of carbonyl (C=O) groups excluding carboxylic acids is 1. The number of halogens is 3. The van der Waals surface area contributed by atoms with Gasteiger partial charge in [0, 0.05) is 16.1 Å². The molecule has 0 aromatic heterocycles. The van der Waals surface area contributed by atoms with Gasteiger partial charge >= 0.3 is 29.6 Å². The zero-order valence-corrected chi connectivity index (χ0v) is 19.6. The van der Waals surface area contributed by atoms with E-state index in [0.717, 1.165) is 0 Å². The molecule has 0 spiro atoms. The van der Waals surface area contributed by atoms with Crippen LogP contribution in [0.2, 0.25) is 15.1 Å². The predicted molar refractivity (Wildman–Crippen MR) is 100 cm³/mol. The molecule has 0 aliphatic carbocycles. The Balaban J connectivity index is 0.00000320. The quantitative estimate of drug-likeness (QED) is 0.430. The van der Waals surface area contributed by atoms with Gasteiger partial charge in [-0.1, -0.05) is 34.8 Å². The number of aliphatic carboxylic acids is 1. The van der Waals surface area contributed by atoms with Crippen LogP contribution in [0.3, 0.4) is 0 Å². The number of hydrogen-bond acceptors (Lipinski definition) is 8. The first kappa shape index (κ1) is 25.5. The number of carboxylic acids is 1. The van der Waals surface area contributed by atoms with E-state index in [1.54, 1.807) is 6.07 Å². The summed E-state index contributed by atoms with van der Waals surface area (Å²) in [6, 6.07) is 8.79. The topological polar surface area (TPSA) is 129 Å². The first-order valence-corrected chi connectivity index (χ1v) is 9.30. The summed E-state index contributed by atoms with van der Waals surface area (Å²) >= 11 is 17.9. The van der Waals surface area contributed by atoms with Crippen LogP contribution in [-0.2, 0) is 9.53 Å². The molecule has 0 bridgehead atoms. The summed E-state index contributed by atoms with van der Waals surface area (Å²) in [6.45, 7) is 0. The van der Waals surface area contributed by atoms with E-state index in [2.05, 4.69) is 0 Å². The smallest absolute Gasteiger partial charge is 0.547 e. The number of rotatable bonds is 5. The van der Waals surface area contributed by atoms with Crippen molar-refractivity contribution >= 4 is 40.8 Å². The number of ether oxygens (including phenoxy) is 3. The van der Waals surface area contributed by atoms with Gasteiger partial charge in [-0.2, -0.15) is 0 Å². The second-order valence-electron chi connectivity index (χ2n) is 6.10. The molecule has 2 aromatic rings. The van der Waals surface area contributed by atoms with Gasteiger partial charge in [0.15, 0.2) is 11.5 Å². The number of hydrogen-bond donors (Lipinski definition) is 3. The molecule has 5 atom stereocenters. The molecule has 1 saturated heterocycles.